The van der Waals surface area contributed by atoms with Gasteiger partial charge in [0.15, 0.2) is 5.96 Å². The van der Waals surface area contributed by atoms with Crippen molar-refractivity contribution in [1.29, 1.82) is 0 Å². The molecule has 0 spiro atoms. The molecule has 0 radical (unpaired) electrons. The minimum atomic E-state index is 0. The largest absolute Gasteiger partial charge is 0.497 e. The molecule has 2 aliphatic rings. The molecule has 31 heavy (non-hydrogen) atoms. The van der Waals surface area contributed by atoms with Gasteiger partial charge in [-0.2, -0.15) is 0 Å². The lowest BCUT2D eigenvalue weighted by atomic mass is 10.1. The van der Waals surface area contributed by atoms with Crippen LogP contribution in [0.1, 0.15) is 37.3 Å². The first-order valence-corrected chi connectivity index (χ1v) is 11.3. The number of nitrogens with one attached hydrogen (secondary N) is 2. The highest BCUT2D eigenvalue weighted by atomic mass is 127. The number of hydrogen-bond donors (Lipinski definition) is 2. The molecule has 2 N–H and O–H groups in total. The second kappa shape index (κ2) is 14.9. The van der Waals surface area contributed by atoms with Crippen molar-refractivity contribution in [2.45, 2.75) is 31.7 Å². The monoisotopic (exact) mass is 546 g/mol. The van der Waals surface area contributed by atoms with Crippen molar-refractivity contribution in [3.05, 3.63) is 29.8 Å². The van der Waals surface area contributed by atoms with E-state index in [-0.39, 0.29) is 24.0 Å². The van der Waals surface area contributed by atoms with Crippen LogP contribution < -0.4 is 15.4 Å². The Hall–Kier alpha value is -1.10. The molecule has 1 aromatic carbocycles. The predicted molar refractivity (Wildman–Crippen MR) is 136 cm³/mol. The molecule has 8 heteroatoms. The van der Waals surface area contributed by atoms with E-state index in [1.807, 2.05) is 19.2 Å². The zero-order valence-corrected chi connectivity index (χ0v) is 21.3. The summed E-state index contributed by atoms with van der Waals surface area (Å²) in [6.45, 7) is 7.27. The number of nitrogens with zero attached hydrogens (tertiary/aromatic N) is 2. The van der Waals surface area contributed by atoms with Crippen molar-refractivity contribution in [3.63, 3.8) is 0 Å². The molecule has 7 nitrogen and oxygen atoms in total. The highest BCUT2D eigenvalue weighted by Gasteiger charge is 2.23. The van der Waals surface area contributed by atoms with Gasteiger partial charge in [-0.3, -0.25) is 9.89 Å². The Kier molecular flexibility index (Phi) is 12.5. The van der Waals surface area contributed by atoms with E-state index in [4.69, 9.17) is 14.2 Å². The van der Waals surface area contributed by atoms with Crippen LogP contribution in [-0.2, 0) is 9.47 Å². The first-order valence-electron chi connectivity index (χ1n) is 11.3. The molecular weight excluding hydrogens is 507 g/mol. The van der Waals surface area contributed by atoms with Crippen LogP contribution in [0.4, 0.5) is 0 Å². The van der Waals surface area contributed by atoms with Gasteiger partial charge in [-0.25, -0.2) is 0 Å². The molecule has 2 saturated heterocycles. The van der Waals surface area contributed by atoms with E-state index in [0.717, 1.165) is 77.2 Å². The molecule has 3 rings (SSSR count). The first kappa shape index (κ1) is 26.2. The van der Waals surface area contributed by atoms with Crippen LogP contribution >= 0.6 is 24.0 Å². The third-order valence-corrected chi connectivity index (χ3v) is 5.90. The minimum absolute atomic E-state index is 0. The van der Waals surface area contributed by atoms with Gasteiger partial charge in [-0.15, -0.1) is 24.0 Å². The number of ether oxygens (including phenoxy) is 3. The van der Waals surface area contributed by atoms with Gasteiger partial charge in [0.05, 0.1) is 26.4 Å². The maximum Gasteiger partial charge on any atom is 0.191 e. The molecule has 2 heterocycles. The summed E-state index contributed by atoms with van der Waals surface area (Å²) in [5.41, 5.74) is 1.31. The van der Waals surface area contributed by atoms with Gasteiger partial charge in [-0.05, 0) is 56.5 Å². The van der Waals surface area contributed by atoms with Crippen molar-refractivity contribution in [1.82, 2.24) is 15.5 Å². The molecule has 2 atom stereocenters. The third kappa shape index (κ3) is 8.75. The molecule has 2 aliphatic heterocycles. The molecule has 0 aromatic heterocycles. The highest BCUT2D eigenvalue weighted by Crippen LogP contribution is 2.26. The molecule has 2 fully saturated rings. The Balaban J connectivity index is 0.00000341. The van der Waals surface area contributed by atoms with E-state index in [2.05, 4.69) is 32.7 Å². The number of likely N-dealkylation sites (tertiary alicyclic amines) is 1. The number of halogens is 1. The topological polar surface area (TPSA) is 67.4 Å². The molecule has 176 valence electrons. The van der Waals surface area contributed by atoms with Gasteiger partial charge >= 0.3 is 0 Å². The summed E-state index contributed by atoms with van der Waals surface area (Å²) in [7, 11) is 3.53. The average Bonchev–Trinajstić information content (AvgIpc) is 3.50. The lowest BCUT2D eigenvalue weighted by molar-refractivity contribution is 0.0888. The minimum Gasteiger partial charge on any atom is -0.497 e. The lowest BCUT2D eigenvalue weighted by Crippen LogP contribution is -2.43. The van der Waals surface area contributed by atoms with E-state index >= 15 is 0 Å². The smallest absolute Gasteiger partial charge is 0.191 e. The van der Waals surface area contributed by atoms with Crippen LogP contribution in [0.2, 0.25) is 0 Å². The number of aliphatic imine (C=N–C) groups is 1. The number of guanidine groups is 1. The first-order chi connectivity index (χ1) is 14.8. The predicted octanol–water partition coefficient (Wildman–Crippen LogP) is 3.06. The maximum absolute atomic E-state index is 5.78. The van der Waals surface area contributed by atoms with Crippen molar-refractivity contribution in [3.8, 4) is 5.75 Å². The summed E-state index contributed by atoms with van der Waals surface area (Å²) >= 11 is 0. The van der Waals surface area contributed by atoms with Gasteiger partial charge in [0.2, 0.25) is 0 Å². The van der Waals surface area contributed by atoms with Crippen LogP contribution in [0.3, 0.4) is 0 Å². The standard InChI is InChI=1S/C23H38N4O3.HI/c1-24-23(25-11-5-14-29-17-19-10-15-30-18-19)26-16-22(27-12-3-4-13-27)20-6-8-21(28-2)9-7-20;/h6-9,19,22H,3-5,10-18H2,1-2H3,(H2,24,25,26);1H. The molecule has 1 aromatic rings. The van der Waals surface area contributed by atoms with Crippen LogP contribution in [-0.4, -0.2) is 77.6 Å². The summed E-state index contributed by atoms with van der Waals surface area (Å²) in [4.78, 5) is 6.95. The fourth-order valence-electron chi connectivity index (χ4n) is 4.10. The Morgan fingerprint density at radius 2 is 2.00 bits per heavy atom. The molecule has 0 saturated carbocycles. The van der Waals surface area contributed by atoms with E-state index in [1.165, 1.54) is 18.4 Å². The normalized spacial score (nSPS) is 20.3. The zero-order valence-electron chi connectivity index (χ0n) is 19.0. The molecule has 2 unspecified atom stereocenters. The maximum atomic E-state index is 5.78. The fraction of sp³-hybridized carbons (Fsp3) is 0.696. The Labute approximate surface area is 204 Å². The zero-order chi connectivity index (χ0) is 21.0. The Bertz CT molecular complexity index is 632. The van der Waals surface area contributed by atoms with Crippen molar-refractivity contribution < 1.29 is 14.2 Å². The molecule has 0 aliphatic carbocycles. The molecule has 0 amide bonds. The van der Waals surface area contributed by atoms with Crippen molar-refractivity contribution in [2.24, 2.45) is 10.9 Å². The van der Waals surface area contributed by atoms with E-state index in [0.29, 0.717) is 12.0 Å². The second-order valence-corrected chi connectivity index (χ2v) is 8.07. The van der Waals surface area contributed by atoms with Gasteiger partial charge in [0.25, 0.3) is 0 Å². The SMILES string of the molecule is CN=C(NCCCOCC1CCOC1)NCC(c1ccc(OC)cc1)N1CCCC1.I. The van der Waals surface area contributed by atoms with E-state index in [1.54, 1.807) is 7.11 Å². The quantitative estimate of drug-likeness (QED) is 0.193. The van der Waals surface area contributed by atoms with Gasteiger partial charge in [0.1, 0.15) is 5.75 Å². The van der Waals surface area contributed by atoms with Crippen LogP contribution in [0.5, 0.6) is 5.75 Å². The Morgan fingerprint density at radius 1 is 1.23 bits per heavy atom. The van der Waals surface area contributed by atoms with Crippen LogP contribution in [0.25, 0.3) is 0 Å². The summed E-state index contributed by atoms with van der Waals surface area (Å²) in [5, 5.41) is 6.93. The van der Waals surface area contributed by atoms with E-state index < -0.39 is 0 Å². The lowest BCUT2D eigenvalue weighted by Gasteiger charge is -2.29. The second-order valence-electron chi connectivity index (χ2n) is 8.07. The van der Waals surface area contributed by atoms with Gasteiger partial charge in [0, 0.05) is 39.3 Å². The summed E-state index contributed by atoms with van der Waals surface area (Å²) < 4.78 is 16.5. The van der Waals surface area contributed by atoms with Gasteiger partial charge in [-0.1, -0.05) is 12.1 Å². The number of benzene rings is 1. The van der Waals surface area contributed by atoms with Crippen LogP contribution in [0, 0.1) is 5.92 Å². The number of hydrogen-bond acceptors (Lipinski definition) is 5. The highest BCUT2D eigenvalue weighted by molar-refractivity contribution is 14.0. The summed E-state index contributed by atoms with van der Waals surface area (Å²) in [6, 6.07) is 8.76. The van der Waals surface area contributed by atoms with Crippen molar-refractivity contribution in [2.75, 3.05) is 66.8 Å². The van der Waals surface area contributed by atoms with Crippen molar-refractivity contribution >= 4 is 29.9 Å². The van der Waals surface area contributed by atoms with Crippen LogP contribution in [0.15, 0.2) is 29.3 Å². The van der Waals surface area contributed by atoms with E-state index in [9.17, 15) is 0 Å². The fourth-order valence-corrected chi connectivity index (χ4v) is 4.10. The number of methoxy groups -OCH3 is 1. The summed E-state index contributed by atoms with van der Waals surface area (Å²) in [5.74, 6) is 2.32. The molecule has 0 bridgehead atoms. The third-order valence-electron chi connectivity index (χ3n) is 5.90. The Morgan fingerprint density at radius 3 is 2.65 bits per heavy atom. The molecular formula is C23H39IN4O3. The summed E-state index contributed by atoms with van der Waals surface area (Å²) in [6.07, 6.45) is 4.63. The van der Waals surface area contributed by atoms with Gasteiger partial charge < -0.3 is 24.8 Å². The number of rotatable bonds is 11. The average molecular weight is 546 g/mol.